The Morgan fingerprint density at radius 3 is 3.00 bits per heavy atom. The summed E-state index contributed by atoms with van der Waals surface area (Å²) < 4.78 is 0. The van der Waals surface area contributed by atoms with Crippen LogP contribution in [0.5, 0.6) is 0 Å². The molecule has 1 aliphatic rings. The van der Waals surface area contributed by atoms with Gasteiger partial charge in [-0.3, -0.25) is 0 Å². The standard InChI is InChI=1S/C14H18N2/c1-2-4-14-13(3-1)12(10-16-14)7-8-15-9-11-5-6-11/h1-4,10-11,15-16H,5-9H2. The average molecular weight is 214 g/mol. The molecule has 2 heteroatoms. The zero-order valence-electron chi connectivity index (χ0n) is 9.50. The third-order valence-corrected chi connectivity index (χ3v) is 3.38. The first-order valence-corrected chi connectivity index (χ1v) is 6.19. The molecule has 1 aliphatic carbocycles. The smallest absolute Gasteiger partial charge is 0.0456 e. The van der Waals surface area contributed by atoms with Gasteiger partial charge in [0.05, 0.1) is 0 Å². The van der Waals surface area contributed by atoms with E-state index in [4.69, 9.17) is 0 Å². The molecule has 1 aromatic carbocycles. The molecular weight excluding hydrogens is 196 g/mol. The van der Waals surface area contributed by atoms with Gasteiger partial charge < -0.3 is 10.3 Å². The van der Waals surface area contributed by atoms with Crippen molar-refractivity contribution in [3.63, 3.8) is 0 Å². The Labute approximate surface area is 96.1 Å². The van der Waals surface area contributed by atoms with E-state index < -0.39 is 0 Å². The second kappa shape index (κ2) is 4.30. The van der Waals surface area contributed by atoms with Gasteiger partial charge in [0.15, 0.2) is 0 Å². The number of fused-ring (bicyclic) bond motifs is 1. The number of hydrogen-bond donors (Lipinski definition) is 2. The van der Waals surface area contributed by atoms with Gasteiger partial charge in [0.25, 0.3) is 0 Å². The summed E-state index contributed by atoms with van der Waals surface area (Å²) in [5.74, 6) is 0.975. The van der Waals surface area contributed by atoms with Crippen molar-refractivity contribution in [1.82, 2.24) is 10.3 Å². The van der Waals surface area contributed by atoms with Gasteiger partial charge in [-0.25, -0.2) is 0 Å². The van der Waals surface area contributed by atoms with Crippen LogP contribution in [0.1, 0.15) is 18.4 Å². The van der Waals surface area contributed by atoms with E-state index in [-0.39, 0.29) is 0 Å². The van der Waals surface area contributed by atoms with Crippen molar-refractivity contribution in [2.45, 2.75) is 19.3 Å². The highest BCUT2D eigenvalue weighted by Gasteiger charge is 2.19. The molecule has 2 nitrogen and oxygen atoms in total. The van der Waals surface area contributed by atoms with Crippen molar-refractivity contribution in [2.75, 3.05) is 13.1 Å². The zero-order chi connectivity index (χ0) is 10.8. The Morgan fingerprint density at radius 1 is 1.25 bits per heavy atom. The van der Waals surface area contributed by atoms with Crippen LogP contribution in [0.3, 0.4) is 0 Å². The van der Waals surface area contributed by atoms with Crippen LogP contribution in [0.4, 0.5) is 0 Å². The Balaban J connectivity index is 1.60. The summed E-state index contributed by atoms with van der Waals surface area (Å²) >= 11 is 0. The van der Waals surface area contributed by atoms with Gasteiger partial charge in [-0.1, -0.05) is 18.2 Å². The minimum Gasteiger partial charge on any atom is -0.361 e. The molecule has 2 aromatic rings. The minimum atomic E-state index is 0.975. The molecule has 3 rings (SSSR count). The fraction of sp³-hybridized carbons (Fsp3) is 0.429. The Kier molecular flexibility index (Phi) is 2.66. The van der Waals surface area contributed by atoms with Crippen LogP contribution < -0.4 is 5.32 Å². The molecule has 0 bridgehead atoms. The molecule has 0 saturated heterocycles. The number of rotatable bonds is 5. The Hall–Kier alpha value is -1.28. The molecule has 2 N–H and O–H groups in total. The molecule has 0 spiro atoms. The highest BCUT2D eigenvalue weighted by atomic mass is 14.9. The summed E-state index contributed by atoms with van der Waals surface area (Å²) in [6.07, 6.45) is 6.13. The predicted octanol–water partition coefficient (Wildman–Crippen LogP) is 2.71. The summed E-state index contributed by atoms with van der Waals surface area (Å²) in [6.45, 7) is 2.31. The first-order chi connectivity index (χ1) is 7.93. The molecule has 0 atom stereocenters. The maximum atomic E-state index is 3.54. The summed E-state index contributed by atoms with van der Waals surface area (Å²) in [6, 6.07) is 8.52. The lowest BCUT2D eigenvalue weighted by molar-refractivity contribution is 0.638. The number of nitrogens with one attached hydrogen (secondary N) is 2. The number of H-pyrrole nitrogens is 1. The number of benzene rings is 1. The van der Waals surface area contributed by atoms with Gasteiger partial charge in [0.2, 0.25) is 0 Å². The maximum Gasteiger partial charge on any atom is 0.0456 e. The Bertz CT molecular complexity index is 468. The molecule has 84 valence electrons. The average Bonchev–Trinajstić information content (AvgIpc) is 3.05. The summed E-state index contributed by atoms with van der Waals surface area (Å²) in [5, 5.41) is 4.91. The number of aromatic amines is 1. The number of para-hydroxylation sites is 1. The highest BCUT2D eigenvalue weighted by molar-refractivity contribution is 5.83. The van der Waals surface area contributed by atoms with Crippen LogP contribution in [-0.2, 0) is 6.42 Å². The lowest BCUT2D eigenvalue weighted by atomic mass is 10.1. The van der Waals surface area contributed by atoms with Gasteiger partial charge in [0.1, 0.15) is 0 Å². The monoisotopic (exact) mass is 214 g/mol. The van der Waals surface area contributed by atoms with Crippen LogP contribution >= 0.6 is 0 Å². The van der Waals surface area contributed by atoms with Crippen LogP contribution in [0.15, 0.2) is 30.5 Å². The van der Waals surface area contributed by atoms with E-state index in [9.17, 15) is 0 Å². The molecule has 0 aliphatic heterocycles. The largest absolute Gasteiger partial charge is 0.361 e. The van der Waals surface area contributed by atoms with Crippen LogP contribution in [-0.4, -0.2) is 18.1 Å². The summed E-state index contributed by atoms with van der Waals surface area (Å²) in [7, 11) is 0. The van der Waals surface area contributed by atoms with Crippen LogP contribution in [0.2, 0.25) is 0 Å². The van der Waals surface area contributed by atoms with E-state index in [1.807, 2.05) is 0 Å². The molecule has 1 aromatic heterocycles. The number of hydrogen-bond acceptors (Lipinski definition) is 1. The van der Waals surface area contributed by atoms with Crippen molar-refractivity contribution in [1.29, 1.82) is 0 Å². The molecule has 1 fully saturated rings. The van der Waals surface area contributed by atoms with Crippen molar-refractivity contribution in [2.24, 2.45) is 5.92 Å². The Morgan fingerprint density at radius 2 is 2.12 bits per heavy atom. The lowest BCUT2D eigenvalue weighted by Crippen LogP contribution is -2.19. The van der Waals surface area contributed by atoms with Gasteiger partial charge in [-0.2, -0.15) is 0 Å². The fourth-order valence-corrected chi connectivity index (χ4v) is 2.19. The zero-order valence-corrected chi connectivity index (χ0v) is 9.50. The van der Waals surface area contributed by atoms with Crippen LogP contribution in [0, 0.1) is 5.92 Å². The van der Waals surface area contributed by atoms with Crippen molar-refractivity contribution < 1.29 is 0 Å². The molecule has 1 heterocycles. The second-order valence-corrected chi connectivity index (χ2v) is 4.76. The number of aromatic nitrogens is 1. The molecule has 16 heavy (non-hydrogen) atoms. The molecule has 1 saturated carbocycles. The van der Waals surface area contributed by atoms with Crippen molar-refractivity contribution >= 4 is 10.9 Å². The van der Waals surface area contributed by atoms with Gasteiger partial charge in [-0.05, 0) is 49.9 Å². The minimum absolute atomic E-state index is 0.975. The van der Waals surface area contributed by atoms with Gasteiger partial charge >= 0.3 is 0 Å². The first kappa shape index (κ1) is 9.91. The van der Waals surface area contributed by atoms with Crippen LogP contribution in [0.25, 0.3) is 10.9 Å². The van der Waals surface area contributed by atoms with E-state index in [0.717, 1.165) is 18.9 Å². The third-order valence-electron chi connectivity index (χ3n) is 3.38. The first-order valence-electron chi connectivity index (χ1n) is 6.19. The predicted molar refractivity (Wildman–Crippen MR) is 67.6 cm³/mol. The van der Waals surface area contributed by atoms with E-state index in [0.29, 0.717) is 0 Å². The highest BCUT2D eigenvalue weighted by Crippen LogP contribution is 2.27. The normalized spacial score (nSPS) is 15.8. The van der Waals surface area contributed by atoms with Gasteiger partial charge in [0, 0.05) is 17.1 Å². The maximum absolute atomic E-state index is 3.54. The third kappa shape index (κ3) is 2.12. The summed E-state index contributed by atoms with van der Waals surface area (Å²) in [4.78, 5) is 3.32. The molecular formula is C14H18N2. The fourth-order valence-electron chi connectivity index (χ4n) is 2.19. The van der Waals surface area contributed by atoms with Crippen molar-refractivity contribution in [3.8, 4) is 0 Å². The molecule has 0 amide bonds. The van der Waals surface area contributed by atoms with E-state index in [1.165, 1.54) is 35.9 Å². The quantitative estimate of drug-likeness (QED) is 0.736. The van der Waals surface area contributed by atoms with E-state index in [1.54, 1.807) is 0 Å². The second-order valence-electron chi connectivity index (χ2n) is 4.76. The lowest BCUT2D eigenvalue weighted by Gasteiger charge is -2.02. The summed E-state index contributed by atoms with van der Waals surface area (Å²) in [5.41, 5.74) is 2.68. The topological polar surface area (TPSA) is 27.8 Å². The van der Waals surface area contributed by atoms with E-state index >= 15 is 0 Å². The molecule has 0 radical (unpaired) electrons. The van der Waals surface area contributed by atoms with Crippen molar-refractivity contribution in [3.05, 3.63) is 36.0 Å². The van der Waals surface area contributed by atoms with E-state index in [2.05, 4.69) is 40.8 Å². The SMILES string of the molecule is c1ccc2c(CCNCC3CC3)c[nH]c2c1. The van der Waals surface area contributed by atoms with Gasteiger partial charge in [-0.15, -0.1) is 0 Å². The molecule has 0 unspecified atom stereocenters.